The van der Waals surface area contributed by atoms with E-state index in [9.17, 15) is 9.59 Å². The van der Waals surface area contributed by atoms with E-state index in [2.05, 4.69) is 15.5 Å². The van der Waals surface area contributed by atoms with Crippen molar-refractivity contribution in [3.63, 3.8) is 0 Å². The molecule has 4 rings (SSSR count). The fourth-order valence-corrected chi connectivity index (χ4v) is 3.98. The lowest BCUT2D eigenvalue weighted by atomic mass is 10.0. The summed E-state index contributed by atoms with van der Waals surface area (Å²) in [7, 11) is 0. The first-order chi connectivity index (χ1) is 13.7. The summed E-state index contributed by atoms with van der Waals surface area (Å²) in [5.74, 6) is -0.0434. The Bertz CT molecular complexity index is 798. The second-order valence-corrected chi connectivity index (χ2v) is 7.42. The van der Waals surface area contributed by atoms with E-state index in [1.807, 2.05) is 4.90 Å². The Morgan fingerprint density at radius 1 is 0.929 bits per heavy atom. The van der Waals surface area contributed by atoms with Crippen LogP contribution in [0.15, 0.2) is 47.1 Å². The number of anilines is 2. The van der Waals surface area contributed by atoms with Gasteiger partial charge in [-0.25, -0.2) is 4.79 Å². The number of urea groups is 1. The molecule has 0 aliphatic carbocycles. The summed E-state index contributed by atoms with van der Waals surface area (Å²) < 4.78 is 5.08. The van der Waals surface area contributed by atoms with Gasteiger partial charge in [-0.15, -0.1) is 0 Å². The van der Waals surface area contributed by atoms with E-state index in [1.165, 1.54) is 25.5 Å². The van der Waals surface area contributed by atoms with E-state index in [4.69, 9.17) is 4.42 Å². The van der Waals surface area contributed by atoms with Gasteiger partial charge in [-0.2, -0.15) is 0 Å². The van der Waals surface area contributed by atoms with Crippen molar-refractivity contribution < 1.29 is 14.0 Å². The maximum Gasteiger partial charge on any atom is 0.321 e. The van der Waals surface area contributed by atoms with Crippen LogP contribution in [0.3, 0.4) is 0 Å². The first-order valence-corrected chi connectivity index (χ1v) is 9.94. The van der Waals surface area contributed by atoms with Gasteiger partial charge in [0.2, 0.25) is 0 Å². The molecule has 1 aromatic heterocycles. The molecule has 3 heterocycles. The number of hydrogen-bond acceptors (Lipinski definition) is 4. The molecule has 28 heavy (non-hydrogen) atoms. The third kappa shape index (κ3) is 4.36. The monoisotopic (exact) mass is 382 g/mol. The molecule has 2 fully saturated rings. The number of carbonyl (C=O) groups excluding carboxylic acids is 2. The van der Waals surface area contributed by atoms with Crippen LogP contribution in [0.1, 0.15) is 36.2 Å². The van der Waals surface area contributed by atoms with E-state index >= 15 is 0 Å². The number of amides is 3. The smallest absolute Gasteiger partial charge is 0.321 e. The topological polar surface area (TPSA) is 77.8 Å². The van der Waals surface area contributed by atoms with Crippen molar-refractivity contribution in [1.82, 2.24) is 9.80 Å². The second kappa shape index (κ2) is 8.48. The Morgan fingerprint density at radius 3 is 2.32 bits per heavy atom. The first-order valence-electron chi connectivity index (χ1n) is 9.94. The Hall–Kier alpha value is -2.80. The van der Waals surface area contributed by atoms with Gasteiger partial charge in [0.1, 0.15) is 0 Å². The fraction of sp³-hybridized carbons (Fsp3) is 0.429. The third-order valence-corrected chi connectivity index (χ3v) is 5.48. The van der Waals surface area contributed by atoms with Gasteiger partial charge >= 0.3 is 6.03 Å². The van der Waals surface area contributed by atoms with Crippen molar-refractivity contribution in [1.29, 1.82) is 0 Å². The summed E-state index contributed by atoms with van der Waals surface area (Å²) in [6, 6.07) is 10.8. The molecule has 0 bridgehead atoms. The Kier molecular flexibility index (Phi) is 5.62. The zero-order chi connectivity index (χ0) is 19.3. The zero-order valence-corrected chi connectivity index (χ0v) is 15.9. The SMILES string of the molecule is O=C(Nc1ccc(NC(=O)N2CCCC(N3CCCC3)C2)cc1)c1ccco1. The molecular weight excluding hydrogens is 356 g/mol. The number of piperidine rings is 1. The Balaban J connectivity index is 1.31. The summed E-state index contributed by atoms with van der Waals surface area (Å²) in [4.78, 5) is 29.1. The number of hydrogen-bond donors (Lipinski definition) is 2. The number of furan rings is 1. The quantitative estimate of drug-likeness (QED) is 0.847. The van der Waals surface area contributed by atoms with Crippen LogP contribution in [-0.4, -0.2) is 54.0 Å². The average molecular weight is 382 g/mol. The van der Waals surface area contributed by atoms with Crippen molar-refractivity contribution in [3.05, 3.63) is 48.4 Å². The Morgan fingerprint density at radius 2 is 1.64 bits per heavy atom. The molecular formula is C21H26N4O3. The molecule has 1 atom stereocenters. The predicted molar refractivity (Wildman–Crippen MR) is 108 cm³/mol. The number of benzene rings is 1. The molecule has 7 nitrogen and oxygen atoms in total. The molecule has 1 aromatic carbocycles. The maximum atomic E-state index is 12.7. The van der Waals surface area contributed by atoms with Crippen LogP contribution in [-0.2, 0) is 0 Å². The number of nitrogens with one attached hydrogen (secondary N) is 2. The maximum absolute atomic E-state index is 12.7. The highest BCUT2D eigenvalue weighted by atomic mass is 16.3. The molecule has 2 aliphatic heterocycles. The molecule has 2 aliphatic rings. The van der Waals surface area contributed by atoms with Gasteiger partial charge in [0.25, 0.3) is 5.91 Å². The molecule has 0 saturated carbocycles. The van der Waals surface area contributed by atoms with E-state index in [0.717, 1.165) is 32.6 Å². The normalized spacial score (nSPS) is 20.1. The van der Waals surface area contributed by atoms with Crippen LogP contribution in [0.25, 0.3) is 0 Å². The molecule has 0 spiro atoms. The van der Waals surface area contributed by atoms with E-state index in [-0.39, 0.29) is 17.7 Å². The lowest BCUT2D eigenvalue weighted by molar-refractivity contribution is 0.0996. The molecule has 0 radical (unpaired) electrons. The van der Waals surface area contributed by atoms with Gasteiger partial charge in [-0.05, 0) is 75.2 Å². The molecule has 7 heteroatoms. The highest BCUT2D eigenvalue weighted by molar-refractivity contribution is 6.02. The minimum Gasteiger partial charge on any atom is -0.459 e. The summed E-state index contributed by atoms with van der Waals surface area (Å²) in [5, 5.41) is 5.73. The first kappa shape index (κ1) is 18.6. The summed E-state index contributed by atoms with van der Waals surface area (Å²) in [5.41, 5.74) is 1.36. The van der Waals surface area contributed by atoms with Gasteiger partial charge in [-0.1, -0.05) is 0 Å². The number of likely N-dealkylation sites (tertiary alicyclic amines) is 2. The summed E-state index contributed by atoms with van der Waals surface area (Å²) in [6.45, 7) is 3.91. The van der Waals surface area contributed by atoms with E-state index in [1.54, 1.807) is 36.4 Å². The van der Waals surface area contributed by atoms with Crippen LogP contribution in [0.4, 0.5) is 16.2 Å². The standard InChI is InChI=1S/C21H26N4O3/c26-20(19-6-4-14-28-19)22-16-7-9-17(10-8-16)23-21(27)25-13-3-5-18(15-25)24-11-1-2-12-24/h4,6-10,14,18H,1-3,5,11-13,15H2,(H,22,26)(H,23,27). The van der Waals surface area contributed by atoms with Crippen LogP contribution in [0, 0.1) is 0 Å². The number of rotatable bonds is 4. The van der Waals surface area contributed by atoms with Gasteiger partial charge < -0.3 is 20.0 Å². The summed E-state index contributed by atoms with van der Waals surface area (Å²) in [6.07, 6.45) is 6.22. The number of carbonyl (C=O) groups is 2. The van der Waals surface area contributed by atoms with Gasteiger partial charge in [0.05, 0.1) is 6.26 Å². The lowest BCUT2D eigenvalue weighted by Crippen LogP contribution is -2.50. The lowest BCUT2D eigenvalue weighted by Gasteiger charge is -2.37. The second-order valence-electron chi connectivity index (χ2n) is 7.42. The highest BCUT2D eigenvalue weighted by Crippen LogP contribution is 2.21. The van der Waals surface area contributed by atoms with Gasteiger partial charge in [0.15, 0.2) is 5.76 Å². The van der Waals surface area contributed by atoms with Crippen LogP contribution >= 0.6 is 0 Å². The van der Waals surface area contributed by atoms with Crippen molar-refractivity contribution >= 4 is 23.3 Å². The molecule has 2 aromatic rings. The molecule has 148 valence electrons. The predicted octanol–water partition coefficient (Wildman–Crippen LogP) is 3.62. The largest absolute Gasteiger partial charge is 0.459 e. The third-order valence-electron chi connectivity index (χ3n) is 5.48. The minimum atomic E-state index is -0.303. The molecule has 3 amide bonds. The van der Waals surface area contributed by atoms with Crippen molar-refractivity contribution in [2.45, 2.75) is 31.7 Å². The molecule has 1 unspecified atom stereocenters. The number of nitrogens with zero attached hydrogens (tertiary/aromatic N) is 2. The summed E-state index contributed by atoms with van der Waals surface area (Å²) >= 11 is 0. The van der Waals surface area contributed by atoms with E-state index in [0.29, 0.717) is 17.4 Å². The molecule has 2 N–H and O–H groups in total. The minimum absolute atomic E-state index is 0.0590. The zero-order valence-electron chi connectivity index (χ0n) is 15.9. The van der Waals surface area contributed by atoms with Crippen molar-refractivity contribution in [2.75, 3.05) is 36.8 Å². The highest BCUT2D eigenvalue weighted by Gasteiger charge is 2.29. The Labute approximate surface area is 164 Å². The van der Waals surface area contributed by atoms with Crippen molar-refractivity contribution in [2.24, 2.45) is 0 Å². The van der Waals surface area contributed by atoms with Gasteiger partial charge in [0, 0.05) is 30.5 Å². The molecule has 2 saturated heterocycles. The van der Waals surface area contributed by atoms with Crippen LogP contribution in [0.5, 0.6) is 0 Å². The fourth-order valence-electron chi connectivity index (χ4n) is 3.98. The van der Waals surface area contributed by atoms with E-state index < -0.39 is 0 Å². The van der Waals surface area contributed by atoms with Crippen LogP contribution < -0.4 is 10.6 Å². The van der Waals surface area contributed by atoms with Crippen molar-refractivity contribution in [3.8, 4) is 0 Å². The average Bonchev–Trinajstić information content (AvgIpc) is 3.44. The van der Waals surface area contributed by atoms with Crippen LogP contribution in [0.2, 0.25) is 0 Å². The van der Waals surface area contributed by atoms with Gasteiger partial charge in [-0.3, -0.25) is 9.69 Å².